The Kier molecular flexibility index (Phi) is 2.64. The molecule has 0 N–H and O–H groups in total. The molecular weight excluding hydrogens is 210 g/mol. The normalized spacial score (nSPS) is 10.5. The SMILES string of the molecule is Cc1csc(CC(=O)c2ccnn2C)n1. The molecule has 5 heteroatoms. The second-order valence-corrected chi connectivity index (χ2v) is 4.27. The van der Waals surface area contributed by atoms with Crippen molar-refractivity contribution in [2.75, 3.05) is 0 Å². The Labute approximate surface area is 91.6 Å². The molecule has 4 nitrogen and oxygen atoms in total. The van der Waals surface area contributed by atoms with Crippen LogP contribution in [0.25, 0.3) is 0 Å². The third-order valence-corrected chi connectivity index (χ3v) is 3.05. The Balaban J connectivity index is 2.14. The first kappa shape index (κ1) is 10.0. The molecule has 0 saturated heterocycles. The highest BCUT2D eigenvalue weighted by molar-refractivity contribution is 7.09. The second kappa shape index (κ2) is 3.94. The smallest absolute Gasteiger partial charge is 0.187 e. The van der Waals surface area contributed by atoms with Gasteiger partial charge in [0.1, 0.15) is 10.7 Å². The van der Waals surface area contributed by atoms with E-state index in [-0.39, 0.29) is 5.78 Å². The highest BCUT2D eigenvalue weighted by Gasteiger charge is 2.12. The van der Waals surface area contributed by atoms with Crippen molar-refractivity contribution in [1.29, 1.82) is 0 Å². The molecule has 0 saturated carbocycles. The van der Waals surface area contributed by atoms with Gasteiger partial charge < -0.3 is 0 Å². The lowest BCUT2D eigenvalue weighted by Crippen LogP contribution is -2.09. The highest BCUT2D eigenvalue weighted by Crippen LogP contribution is 2.12. The lowest BCUT2D eigenvalue weighted by Gasteiger charge is -1.98. The lowest BCUT2D eigenvalue weighted by molar-refractivity contribution is 0.0984. The molecule has 15 heavy (non-hydrogen) atoms. The lowest BCUT2D eigenvalue weighted by atomic mass is 10.2. The topological polar surface area (TPSA) is 47.8 Å². The van der Waals surface area contributed by atoms with Gasteiger partial charge in [0.2, 0.25) is 0 Å². The molecule has 2 heterocycles. The summed E-state index contributed by atoms with van der Waals surface area (Å²) < 4.78 is 1.59. The third kappa shape index (κ3) is 2.12. The van der Waals surface area contributed by atoms with Gasteiger partial charge in [-0.3, -0.25) is 9.48 Å². The molecule has 0 aliphatic heterocycles. The number of aromatic nitrogens is 3. The van der Waals surface area contributed by atoms with E-state index in [4.69, 9.17) is 0 Å². The van der Waals surface area contributed by atoms with E-state index in [0.29, 0.717) is 12.1 Å². The maximum atomic E-state index is 11.8. The van der Waals surface area contributed by atoms with E-state index in [1.165, 1.54) is 11.3 Å². The van der Waals surface area contributed by atoms with Gasteiger partial charge in [-0.15, -0.1) is 11.3 Å². The number of carbonyl (C=O) groups excluding carboxylic acids is 1. The summed E-state index contributed by atoms with van der Waals surface area (Å²) >= 11 is 1.52. The third-order valence-electron chi connectivity index (χ3n) is 2.08. The Morgan fingerprint density at radius 1 is 1.60 bits per heavy atom. The Morgan fingerprint density at radius 2 is 2.40 bits per heavy atom. The number of carbonyl (C=O) groups is 1. The molecule has 0 aromatic carbocycles. The van der Waals surface area contributed by atoms with Crippen molar-refractivity contribution >= 4 is 17.1 Å². The number of Topliss-reactive ketones (excluding diaryl/α,β-unsaturated/α-hetero) is 1. The minimum absolute atomic E-state index is 0.0596. The van der Waals surface area contributed by atoms with Gasteiger partial charge in [0, 0.05) is 24.3 Å². The zero-order valence-corrected chi connectivity index (χ0v) is 9.41. The van der Waals surface area contributed by atoms with Crippen molar-refractivity contribution in [1.82, 2.24) is 14.8 Å². The van der Waals surface area contributed by atoms with Gasteiger partial charge in [0.25, 0.3) is 0 Å². The number of hydrogen-bond acceptors (Lipinski definition) is 4. The average Bonchev–Trinajstić information content (AvgIpc) is 2.75. The molecular formula is C10H11N3OS. The van der Waals surface area contributed by atoms with E-state index >= 15 is 0 Å². The molecule has 0 amide bonds. The Morgan fingerprint density at radius 3 is 2.93 bits per heavy atom. The highest BCUT2D eigenvalue weighted by atomic mass is 32.1. The van der Waals surface area contributed by atoms with Gasteiger partial charge in [-0.05, 0) is 13.0 Å². The first-order chi connectivity index (χ1) is 7.16. The quantitative estimate of drug-likeness (QED) is 0.740. The first-order valence-corrected chi connectivity index (χ1v) is 5.47. The summed E-state index contributed by atoms with van der Waals surface area (Å²) in [5, 5.41) is 6.77. The zero-order valence-electron chi connectivity index (χ0n) is 8.60. The van der Waals surface area contributed by atoms with Crippen LogP contribution in [0.4, 0.5) is 0 Å². The molecule has 0 fully saturated rings. The average molecular weight is 221 g/mol. The van der Waals surface area contributed by atoms with Gasteiger partial charge in [0.15, 0.2) is 5.78 Å². The van der Waals surface area contributed by atoms with Crippen LogP contribution in [0.15, 0.2) is 17.6 Å². The van der Waals surface area contributed by atoms with Crippen LogP contribution in [0.5, 0.6) is 0 Å². The predicted octanol–water partition coefficient (Wildman–Crippen LogP) is 1.61. The predicted molar refractivity (Wildman–Crippen MR) is 58.1 cm³/mol. The van der Waals surface area contributed by atoms with Crippen LogP contribution < -0.4 is 0 Å². The van der Waals surface area contributed by atoms with Crippen molar-refractivity contribution in [2.24, 2.45) is 7.05 Å². The number of thiazole rings is 1. The molecule has 0 bridgehead atoms. The number of rotatable bonds is 3. The first-order valence-electron chi connectivity index (χ1n) is 4.59. The summed E-state index contributed by atoms with van der Waals surface area (Å²) in [6.07, 6.45) is 1.98. The molecule has 0 unspecified atom stereocenters. The van der Waals surface area contributed by atoms with E-state index in [9.17, 15) is 4.79 Å². The van der Waals surface area contributed by atoms with Crippen LogP contribution >= 0.6 is 11.3 Å². The second-order valence-electron chi connectivity index (χ2n) is 3.32. The maximum Gasteiger partial charge on any atom is 0.187 e. The van der Waals surface area contributed by atoms with E-state index in [0.717, 1.165) is 10.7 Å². The summed E-state index contributed by atoms with van der Waals surface area (Å²) in [6, 6.07) is 1.72. The van der Waals surface area contributed by atoms with Crippen molar-refractivity contribution < 1.29 is 4.79 Å². The van der Waals surface area contributed by atoms with Gasteiger partial charge in [-0.25, -0.2) is 4.98 Å². The van der Waals surface area contributed by atoms with Gasteiger partial charge in [0.05, 0.1) is 6.42 Å². The molecule has 0 atom stereocenters. The fourth-order valence-corrected chi connectivity index (χ4v) is 2.13. The van der Waals surface area contributed by atoms with E-state index in [2.05, 4.69) is 10.1 Å². The molecule has 2 aromatic rings. The monoisotopic (exact) mass is 221 g/mol. The largest absolute Gasteiger partial charge is 0.292 e. The summed E-state index contributed by atoms with van der Waals surface area (Å²) in [4.78, 5) is 16.1. The van der Waals surface area contributed by atoms with Crippen LogP contribution in [0.1, 0.15) is 21.2 Å². The summed E-state index contributed by atoms with van der Waals surface area (Å²) in [6.45, 7) is 1.93. The molecule has 0 aliphatic rings. The van der Waals surface area contributed by atoms with E-state index in [1.54, 1.807) is 24.0 Å². The molecule has 0 aliphatic carbocycles. The number of hydrogen-bond donors (Lipinski definition) is 0. The van der Waals surface area contributed by atoms with Gasteiger partial charge in [-0.1, -0.05) is 0 Å². The minimum atomic E-state index is 0.0596. The van der Waals surface area contributed by atoms with Crippen LogP contribution in [-0.4, -0.2) is 20.5 Å². The Bertz CT molecular complexity index is 486. The molecule has 2 rings (SSSR count). The molecule has 78 valence electrons. The van der Waals surface area contributed by atoms with Crippen LogP contribution in [0, 0.1) is 6.92 Å². The van der Waals surface area contributed by atoms with Gasteiger partial charge in [-0.2, -0.15) is 5.10 Å². The van der Waals surface area contributed by atoms with E-state index in [1.807, 2.05) is 12.3 Å². The van der Waals surface area contributed by atoms with Crippen LogP contribution in [0.2, 0.25) is 0 Å². The van der Waals surface area contributed by atoms with Crippen molar-refractivity contribution in [3.8, 4) is 0 Å². The number of nitrogens with zero attached hydrogens (tertiary/aromatic N) is 3. The molecule has 0 spiro atoms. The summed E-state index contributed by atoms with van der Waals surface area (Å²) in [7, 11) is 1.76. The van der Waals surface area contributed by atoms with Gasteiger partial charge >= 0.3 is 0 Å². The fourth-order valence-electron chi connectivity index (χ4n) is 1.36. The van der Waals surface area contributed by atoms with Crippen LogP contribution in [0.3, 0.4) is 0 Å². The summed E-state index contributed by atoms with van der Waals surface area (Å²) in [5.41, 5.74) is 1.59. The maximum absolute atomic E-state index is 11.8. The van der Waals surface area contributed by atoms with Crippen molar-refractivity contribution in [2.45, 2.75) is 13.3 Å². The molecule has 0 radical (unpaired) electrons. The van der Waals surface area contributed by atoms with E-state index < -0.39 is 0 Å². The number of aryl methyl sites for hydroxylation is 2. The zero-order chi connectivity index (χ0) is 10.8. The summed E-state index contributed by atoms with van der Waals surface area (Å²) in [5.74, 6) is 0.0596. The van der Waals surface area contributed by atoms with Crippen molar-refractivity contribution in [3.05, 3.63) is 34.0 Å². The standard InChI is InChI=1S/C10H11N3OS/c1-7-6-15-10(12-7)5-9(14)8-3-4-11-13(8)2/h3-4,6H,5H2,1-2H3. The Hall–Kier alpha value is -1.49. The fraction of sp³-hybridized carbons (Fsp3) is 0.300. The molecule has 2 aromatic heterocycles. The van der Waals surface area contributed by atoms with Crippen LogP contribution in [-0.2, 0) is 13.5 Å². The number of ketones is 1. The van der Waals surface area contributed by atoms with Crippen molar-refractivity contribution in [3.63, 3.8) is 0 Å². The minimum Gasteiger partial charge on any atom is -0.292 e.